The molecule has 1 amide bonds. The van der Waals surface area contributed by atoms with Gasteiger partial charge in [-0.2, -0.15) is 0 Å². The second-order valence-electron chi connectivity index (χ2n) is 3.70. The van der Waals surface area contributed by atoms with Gasteiger partial charge in [-0.15, -0.1) is 0 Å². The molecule has 0 saturated heterocycles. The van der Waals surface area contributed by atoms with Crippen molar-refractivity contribution in [2.24, 2.45) is 0 Å². The molecule has 1 aromatic rings. The minimum absolute atomic E-state index is 0.0784. The largest absolute Gasteiger partial charge is 0.508 e. The molecule has 0 heterocycles. The third-order valence-corrected chi connectivity index (χ3v) is 2.30. The molecule has 1 aromatic carbocycles. The Morgan fingerprint density at radius 1 is 1.28 bits per heavy atom. The fourth-order valence-corrected chi connectivity index (χ4v) is 1.37. The molecule has 0 aliphatic rings. The molecule has 6 nitrogen and oxygen atoms in total. The lowest BCUT2D eigenvalue weighted by Crippen LogP contribution is -2.33. The number of hydrogen-bond donors (Lipinski definition) is 4. The van der Waals surface area contributed by atoms with Gasteiger partial charge in [-0.1, -0.05) is 0 Å². The van der Waals surface area contributed by atoms with E-state index >= 15 is 0 Å². The Kier molecular flexibility index (Phi) is 5.96. The summed E-state index contributed by atoms with van der Waals surface area (Å²) in [6, 6.07) is 3.86. The Morgan fingerprint density at radius 2 is 2.06 bits per heavy atom. The van der Waals surface area contributed by atoms with E-state index in [9.17, 15) is 9.90 Å². The van der Waals surface area contributed by atoms with Gasteiger partial charge in [-0.3, -0.25) is 4.79 Å². The number of phenolic OH excluding ortho intramolecular Hbond substituents is 2. The molecule has 0 radical (unpaired) electrons. The molecule has 0 fully saturated rings. The molecule has 1 rings (SSSR count). The molecule has 0 aromatic heterocycles. The normalized spacial score (nSPS) is 10.3. The molecule has 0 aliphatic heterocycles. The number of phenols is 2. The Bertz CT molecular complexity index is 396. The molecule has 0 spiro atoms. The Hall–Kier alpha value is -1.79. The van der Waals surface area contributed by atoms with Gasteiger partial charge in [0.25, 0.3) is 5.91 Å². The number of aromatic hydroxyl groups is 2. The minimum atomic E-state index is -0.374. The summed E-state index contributed by atoms with van der Waals surface area (Å²) in [5.41, 5.74) is 0.143. The van der Waals surface area contributed by atoms with Crippen molar-refractivity contribution >= 4 is 5.91 Å². The van der Waals surface area contributed by atoms with E-state index in [4.69, 9.17) is 9.84 Å². The van der Waals surface area contributed by atoms with Gasteiger partial charge in [-0.25, -0.2) is 0 Å². The number of methoxy groups -OCH3 is 1. The first-order valence-corrected chi connectivity index (χ1v) is 5.65. The molecule has 0 atom stereocenters. The zero-order chi connectivity index (χ0) is 13.4. The number of rotatable bonds is 7. The summed E-state index contributed by atoms with van der Waals surface area (Å²) in [4.78, 5) is 11.7. The van der Waals surface area contributed by atoms with Crippen molar-refractivity contribution < 1.29 is 19.7 Å². The van der Waals surface area contributed by atoms with Crippen LogP contribution in [0.15, 0.2) is 18.2 Å². The first-order valence-electron chi connectivity index (χ1n) is 5.65. The number of carbonyl (C=O) groups excluding carboxylic acids is 1. The third-order valence-electron chi connectivity index (χ3n) is 2.30. The lowest BCUT2D eigenvalue weighted by atomic mass is 10.2. The van der Waals surface area contributed by atoms with Crippen molar-refractivity contribution in [3.8, 4) is 11.5 Å². The van der Waals surface area contributed by atoms with Crippen molar-refractivity contribution in [1.82, 2.24) is 10.6 Å². The summed E-state index contributed by atoms with van der Waals surface area (Å²) < 4.78 is 4.86. The average molecular weight is 254 g/mol. The van der Waals surface area contributed by atoms with E-state index in [0.29, 0.717) is 19.7 Å². The standard InChI is InChI=1S/C12H18N2O4/c1-18-7-6-13-4-5-14-12(17)10-3-2-9(15)8-11(10)16/h2-3,8,13,15-16H,4-7H2,1H3,(H,14,17). The first kappa shape index (κ1) is 14.3. The van der Waals surface area contributed by atoms with Crippen molar-refractivity contribution in [3.63, 3.8) is 0 Å². The van der Waals surface area contributed by atoms with Gasteiger partial charge >= 0.3 is 0 Å². The average Bonchev–Trinajstić information content (AvgIpc) is 2.33. The monoisotopic (exact) mass is 254 g/mol. The van der Waals surface area contributed by atoms with Crippen LogP contribution in [0.1, 0.15) is 10.4 Å². The van der Waals surface area contributed by atoms with Crippen LogP contribution in [0.4, 0.5) is 0 Å². The maximum atomic E-state index is 11.7. The van der Waals surface area contributed by atoms with Crippen molar-refractivity contribution in [3.05, 3.63) is 23.8 Å². The maximum absolute atomic E-state index is 11.7. The SMILES string of the molecule is COCCNCCNC(=O)c1ccc(O)cc1O. The molecule has 0 unspecified atom stereocenters. The van der Waals surface area contributed by atoms with Crippen LogP contribution in [0.25, 0.3) is 0 Å². The van der Waals surface area contributed by atoms with Crippen LogP contribution < -0.4 is 10.6 Å². The van der Waals surface area contributed by atoms with Crippen LogP contribution in [0.2, 0.25) is 0 Å². The number of amides is 1. The van der Waals surface area contributed by atoms with Crippen molar-refractivity contribution in [2.75, 3.05) is 33.4 Å². The molecule has 100 valence electrons. The summed E-state index contributed by atoms with van der Waals surface area (Å²) in [6.07, 6.45) is 0. The summed E-state index contributed by atoms with van der Waals surface area (Å²) in [7, 11) is 1.62. The lowest BCUT2D eigenvalue weighted by molar-refractivity contribution is 0.0951. The smallest absolute Gasteiger partial charge is 0.255 e. The van der Waals surface area contributed by atoms with E-state index in [1.54, 1.807) is 7.11 Å². The van der Waals surface area contributed by atoms with Crippen LogP contribution in [0.3, 0.4) is 0 Å². The molecular weight excluding hydrogens is 236 g/mol. The fraction of sp³-hybridized carbons (Fsp3) is 0.417. The van der Waals surface area contributed by atoms with Crippen LogP contribution >= 0.6 is 0 Å². The molecule has 0 saturated carbocycles. The summed E-state index contributed by atoms with van der Waals surface area (Å²) >= 11 is 0. The Balaban J connectivity index is 2.32. The van der Waals surface area contributed by atoms with Gasteiger partial charge in [0.05, 0.1) is 12.2 Å². The van der Waals surface area contributed by atoms with Gasteiger partial charge < -0.3 is 25.6 Å². The van der Waals surface area contributed by atoms with Gasteiger partial charge in [-0.05, 0) is 12.1 Å². The second kappa shape index (κ2) is 7.52. The van der Waals surface area contributed by atoms with E-state index in [0.717, 1.165) is 12.6 Å². The number of benzene rings is 1. The zero-order valence-corrected chi connectivity index (χ0v) is 10.3. The number of nitrogens with one attached hydrogen (secondary N) is 2. The predicted molar refractivity (Wildman–Crippen MR) is 66.9 cm³/mol. The molecular formula is C12H18N2O4. The van der Waals surface area contributed by atoms with Crippen molar-refractivity contribution in [2.45, 2.75) is 0 Å². The second-order valence-corrected chi connectivity index (χ2v) is 3.70. The predicted octanol–water partition coefficient (Wildman–Crippen LogP) is 0.0636. The quantitative estimate of drug-likeness (QED) is 0.517. The van der Waals surface area contributed by atoms with E-state index in [2.05, 4.69) is 10.6 Å². The molecule has 4 N–H and O–H groups in total. The van der Waals surface area contributed by atoms with E-state index in [-0.39, 0.29) is 23.0 Å². The highest BCUT2D eigenvalue weighted by molar-refractivity contribution is 5.96. The lowest BCUT2D eigenvalue weighted by Gasteiger charge is -2.08. The molecule has 0 bridgehead atoms. The van der Waals surface area contributed by atoms with E-state index < -0.39 is 0 Å². The summed E-state index contributed by atoms with van der Waals surface area (Å²) in [6.45, 7) is 2.40. The van der Waals surface area contributed by atoms with Crippen LogP contribution in [0, 0.1) is 0 Å². The number of ether oxygens (including phenoxy) is 1. The Morgan fingerprint density at radius 3 is 2.72 bits per heavy atom. The van der Waals surface area contributed by atoms with Gasteiger partial charge in [0.1, 0.15) is 11.5 Å². The number of hydrogen-bond acceptors (Lipinski definition) is 5. The molecule has 0 aliphatic carbocycles. The highest BCUT2D eigenvalue weighted by Gasteiger charge is 2.10. The minimum Gasteiger partial charge on any atom is -0.508 e. The maximum Gasteiger partial charge on any atom is 0.255 e. The Labute approximate surface area is 106 Å². The van der Waals surface area contributed by atoms with Gasteiger partial charge in [0, 0.05) is 32.8 Å². The highest BCUT2D eigenvalue weighted by Crippen LogP contribution is 2.22. The summed E-state index contributed by atoms with van der Waals surface area (Å²) in [5, 5.41) is 24.3. The zero-order valence-electron chi connectivity index (χ0n) is 10.3. The van der Waals surface area contributed by atoms with Crippen LogP contribution in [0.5, 0.6) is 11.5 Å². The number of carbonyl (C=O) groups is 1. The summed E-state index contributed by atoms with van der Waals surface area (Å²) in [5.74, 6) is -0.689. The third kappa shape index (κ3) is 4.60. The molecule has 6 heteroatoms. The first-order chi connectivity index (χ1) is 8.65. The topological polar surface area (TPSA) is 90.8 Å². The van der Waals surface area contributed by atoms with E-state index in [1.807, 2.05) is 0 Å². The van der Waals surface area contributed by atoms with E-state index in [1.165, 1.54) is 12.1 Å². The van der Waals surface area contributed by atoms with Crippen LogP contribution in [-0.2, 0) is 4.74 Å². The van der Waals surface area contributed by atoms with Gasteiger partial charge in [0.2, 0.25) is 0 Å². The van der Waals surface area contributed by atoms with Crippen LogP contribution in [-0.4, -0.2) is 49.5 Å². The highest BCUT2D eigenvalue weighted by atomic mass is 16.5. The molecule has 18 heavy (non-hydrogen) atoms. The van der Waals surface area contributed by atoms with Gasteiger partial charge in [0.15, 0.2) is 0 Å². The fourth-order valence-electron chi connectivity index (χ4n) is 1.37. The van der Waals surface area contributed by atoms with Crippen molar-refractivity contribution in [1.29, 1.82) is 0 Å².